The van der Waals surface area contributed by atoms with Crippen LogP contribution in [0.5, 0.6) is 40.2 Å². The van der Waals surface area contributed by atoms with E-state index in [1.54, 1.807) is 36.4 Å². The Morgan fingerprint density at radius 1 is 0.522 bits per heavy atom. The lowest BCUT2D eigenvalue weighted by molar-refractivity contribution is 0.373. The molecule has 0 spiro atoms. The van der Waals surface area contributed by atoms with Crippen LogP contribution in [0, 0.1) is 0 Å². The largest absolute Gasteiger partial charge is 0.508 e. The predicted molar refractivity (Wildman–Crippen MR) is 84.5 cm³/mol. The Bertz CT molecular complexity index is 829. The molecule has 0 saturated carbocycles. The summed E-state index contributed by atoms with van der Waals surface area (Å²) in [5, 5.41) is 29.3. The molecule has 0 aliphatic heterocycles. The monoisotopic (exact) mass is 310 g/mol. The van der Waals surface area contributed by atoms with Crippen molar-refractivity contribution in [2.45, 2.75) is 0 Å². The van der Waals surface area contributed by atoms with Gasteiger partial charge < -0.3 is 24.8 Å². The van der Waals surface area contributed by atoms with Crippen molar-refractivity contribution < 1.29 is 24.8 Å². The number of hydrogen-bond acceptors (Lipinski definition) is 5. The Kier molecular flexibility index (Phi) is 3.93. The van der Waals surface area contributed by atoms with Crippen LogP contribution in [0.3, 0.4) is 0 Å². The van der Waals surface area contributed by atoms with Crippen LogP contribution in [0.2, 0.25) is 0 Å². The number of benzene rings is 3. The third kappa shape index (κ3) is 3.29. The van der Waals surface area contributed by atoms with E-state index in [4.69, 9.17) is 9.47 Å². The van der Waals surface area contributed by atoms with Crippen LogP contribution in [0.1, 0.15) is 0 Å². The second-order valence-corrected chi connectivity index (χ2v) is 4.77. The first-order valence-corrected chi connectivity index (χ1v) is 6.88. The van der Waals surface area contributed by atoms with Crippen LogP contribution in [-0.4, -0.2) is 15.3 Å². The van der Waals surface area contributed by atoms with Gasteiger partial charge in [-0.05, 0) is 36.4 Å². The summed E-state index contributed by atoms with van der Waals surface area (Å²) in [7, 11) is 0. The second-order valence-electron chi connectivity index (χ2n) is 4.77. The predicted octanol–water partition coefficient (Wildman–Crippen LogP) is 4.39. The van der Waals surface area contributed by atoms with E-state index in [0.717, 1.165) is 0 Å². The summed E-state index contributed by atoms with van der Waals surface area (Å²) in [5.74, 6) is 0.890. The van der Waals surface area contributed by atoms with E-state index in [9.17, 15) is 15.3 Å². The highest BCUT2D eigenvalue weighted by Crippen LogP contribution is 2.41. The number of phenolic OH excluding ortho intramolecular Hbond substituents is 3. The van der Waals surface area contributed by atoms with Gasteiger partial charge in [-0.1, -0.05) is 24.3 Å². The summed E-state index contributed by atoms with van der Waals surface area (Å²) < 4.78 is 11.3. The van der Waals surface area contributed by atoms with Gasteiger partial charge in [-0.2, -0.15) is 0 Å². The molecule has 0 radical (unpaired) electrons. The summed E-state index contributed by atoms with van der Waals surface area (Å²) >= 11 is 0. The highest BCUT2D eigenvalue weighted by molar-refractivity contribution is 5.52. The number of rotatable bonds is 4. The van der Waals surface area contributed by atoms with Crippen molar-refractivity contribution in [2.75, 3.05) is 0 Å². The third-order valence-corrected chi connectivity index (χ3v) is 3.10. The van der Waals surface area contributed by atoms with Gasteiger partial charge >= 0.3 is 0 Å². The van der Waals surface area contributed by atoms with Gasteiger partial charge in [-0.25, -0.2) is 0 Å². The van der Waals surface area contributed by atoms with Gasteiger partial charge in [0.05, 0.1) is 0 Å². The molecule has 5 nitrogen and oxygen atoms in total. The first-order valence-electron chi connectivity index (χ1n) is 6.88. The average Bonchev–Trinajstić information content (AvgIpc) is 2.54. The lowest BCUT2D eigenvalue weighted by Gasteiger charge is -2.14. The Hall–Kier alpha value is -3.34. The molecule has 5 heteroatoms. The summed E-state index contributed by atoms with van der Waals surface area (Å²) in [6.07, 6.45) is 0. The van der Waals surface area contributed by atoms with Crippen LogP contribution in [0.25, 0.3) is 0 Å². The number of phenols is 3. The minimum absolute atomic E-state index is 0.0138. The highest BCUT2D eigenvalue weighted by atomic mass is 16.5. The molecule has 0 saturated heterocycles. The number of hydrogen-bond donors (Lipinski definition) is 3. The van der Waals surface area contributed by atoms with Crippen molar-refractivity contribution in [3.05, 3.63) is 66.7 Å². The Morgan fingerprint density at radius 2 is 1.04 bits per heavy atom. The fraction of sp³-hybridized carbons (Fsp3) is 0. The van der Waals surface area contributed by atoms with Crippen molar-refractivity contribution in [3.63, 3.8) is 0 Å². The molecule has 0 bridgehead atoms. The van der Waals surface area contributed by atoms with Crippen LogP contribution < -0.4 is 9.47 Å². The molecular formula is C18H14O5. The highest BCUT2D eigenvalue weighted by Gasteiger charge is 2.12. The molecular weight excluding hydrogens is 296 g/mol. The van der Waals surface area contributed by atoms with Crippen molar-refractivity contribution in [1.82, 2.24) is 0 Å². The number of ether oxygens (including phenoxy) is 2. The van der Waals surface area contributed by atoms with Crippen LogP contribution in [0.4, 0.5) is 0 Å². The zero-order valence-corrected chi connectivity index (χ0v) is 12.0. The molecule has 0 fully saturated rings. The second kappa shape index (κ2) is 6.19. The molecule has 0 heterocycles. The first-order chi connectivity index (χ1) is 11.1. The van der Waals surface area contributed by atoms with Gasteiger partial charge in [-0.15, -0.1) is 0 Å². The zero-order valence-electron chi connectivity index (χ0n) is 12.0. The number of para-hydroxylation sites is 4. The summed E-state index contributed by atoms with van der Waals surface area (Å²) in [5.41, 5.74) is 0. The first kappa shape index (κ1) is 14.6. The van der Waals surface area contributed by atoms with E-state index in [1.807, 2.05) is 0 Å². The SMILES string of the molecule is Oc1ccc(Oc2ccccc2O)c(Oc2ccccc2O)c1. The molecule has 0 amide bonds. The molecule has 116 valence electrons. The van der Waals surface area contributed by atoms with Crippen LogP contribution >= 0.6 is 0 Å². The Balaban J connectivity index is 1.95. The summed E-state index contributed by atoms with van der Waals surface area (Å²) in [4.78, 5) is 0. The van der Waals surface area contributed by atoms with Crippen molar-refractivity contribution in [2.24, 2.45) is 0 Å². The maximum absolute atomic E-state index is 9.80. The molecule has 3 N–H and O–H groups in total. The van der Waals surface area contributed by atoms with E-state index >= 15 is 0 Å². The van der Waals surface area contributed by atoms with Crippen molar-refractivity contribution in [1.29, 1.82) is 0 Å². The Morgan fingerprint density at radius 3 is 1.61 bits per heavy atom. The Labute approximate surface area is 132 Å². The van der Waals surface area contributed by atoms with Crippen molar-refractivity contribution in [3.8, 4) is 40.2 Å². The molecule has 0 aromatic heterocycles. The van der Waals surface area contributed by atoms with Gasteiger partial charge in [0.25, 0.3) is 0 Å². The topological polar surface area (TPSA) is 79.2 Å². The summed E-state index contributed by atoms with van der Waals surface area (Å²) in [6, 6.07) is 17.3. The van der Waals surface area contributed by atoms with Gasteiger partial charge in [-0.3, -0.25) is 0 Å². The molecule has 0 atom stereocenters. The maximum atomic E-state index is 9.80. The fourth-order valence-corrected chi connectivity index (χ4v) is 1.98. The molecule has 3 rings (SSSR count). The minimum Gasteiger partial charge on any atom is -0.508 e. The lowest BCUT2D eigenvalue weighted by atomic mass is 10.2. The van der Waals surface area contributed by atoms with E-state index in [-0.39, 0.29) is 40.2 Å². The smallest absolute Gasteiger partial charge is 0.173 e. The zero-order chi connectivity index (χ0) is 16.2. The quantitative estimate of drug-likeness (QED) is 0.666. The normalized spacial score (nSPS) is 10.3. The minimum atomic E-state index is -0.0376. The van der Waals surface area contributed by atoms with Gasteiger partial charge in [0, 0.05) is 6.07 Å². The van der Waals surface area contributed by atoms with Gasteiger partial charge in [0.2, 0.25) is 0 Å². The van der Waals surface area contributed by atoms with Gasteiger partial charge in [0.1, 0.15) is 5.75 Å². The van der Waals surface area contributed by atoms with E-state index in [2.05, 4.69) is 0 Å². The molecule has 23 heavy (non-hydrogen) atoms. The average molecular weight is 310 g/mol. The fourth-order valence-electron chi connectivity index (χ4n) is 1.98. The summed E-state index contributed by atoms with van der Waals surface area (Å²) in [6.45, 7) is 0. The molecule has 0 aliphatic rings. The third-order valence-electron chi connectivity index (χ3n) is 3.10. The standard InChI is InChI=1S/C18H14O5/c19-12-9-10-17(22-15-7-3-1-5-13(15)20)18(11-12)23-16-8-4-2-6-14(16)21/h1-11,19-21H. The van der Waals surface area contributed by atoms with E-state index in [0.29, 0.717) is 0 Å². The van der Waals surface area contributed by atoms with Crippen LogP contribution in [0.15, 0.2) is 66.7 Å². The van der Waals surface area contributed by atoms with Gasteiger partial charge in [0.15, 0.2) is 34.5 Å². The molecule has 3 aromatic carbocycles. The lowest BCUT2D eigenvalue weighted by Crippen LogP contribution is -1.91. The number of aromatic hydroxyl groups is 3. The maximum Gasteiger partial charge on any atom is 0.173 e. The van der Waals surface area contributed by atoms with Crippen molar-refractivity contribution >= 4 is 0 Å². The van der Waals surface area contributed by atoms with E-state index < -0.39 is 0 Å². The molecule has 0 unspecified atom stereocenters. The molecule has 3 aromatic rings. The molecule has 0 aliphatic carbocycles. The van der Waals surface area contributed by atoms with Crippen LogP contribution in [-0.2, 0) is 0 Å². The van der Waals surface area contributed by atoms with E-state index in [1.165, 1.54) is 30.3 Å².